The zero-order chi connectivity index (χ0) is 13.0. The summed E-state index contributed by atoms with van der Waals surface area (Å²) < 4.78 is 12.9. The summed E-state index contributed by atoms with van der Waals surface area (Å²) in [5, 5.41) is 3.68. The lowest BCUT2D eigenvalue weighted by Crippen LogP contribution is -2.38. The molecule has 1 saturated carbocycles. The van der Waals surface area contributed by atoms with Gasteiger partial charge in [-0.3, -0.25) is 4.79 Å². The number of aromatic nitrogens is 1. The van der Waals surface area contributed by atoms with Crippen LogP contribution in [0.15, 0.2) is 18.3 Å². The molecule has 2 rings (SSSR count). The summed E-state index contributed by atoms with van der Waals surface area (Å²) in [5.74, 6) is -0.822. The number of carbonyl (C=O) groups is 1. The third-order valence-corrected chi connectivity index (χ3v) is 4.47. The zero-order valence-corrected chi connectivity index (χ0v) is 11.2. The Labute approximate surface area is 111 Å². The second-order valence-corrected chi connectivity index (χ2v) is 5.69. The molecule has 5 heteroatoms. The summed E-state index contributed by atoms with van der Waals surface area (Å²) in [6, 6.07) is 2.92. The van der Waals surface area contributed by atoms with Gasteiger partial charge in [0, 0.05) is 29.1 Å². The van der Waals surface area contributed by atoms with Gasteiger partial charge >= 0.3 is 0 Å². The Hall–Kier alpha value is -1.10. The topological polar surface area (TPSA) is 42.0 Å². The van der Waals surface area contributed by atoms with Crippen LogP contribution in [0.4, 0.5) is 4.39 Å². The fourth-order valence-electron chi connectivity index (χ4n) is 2.26. The third-order valence-electron chi connectivity index (χ3n) is 3.33. The van der Waals surface area contributed by atoms with Crippen molar-refractivity contribution in [3.63, 3.8) is 0 Å². The van der Waals surface area contributed by atoms with Gasteiger partial charge < -0.3 is 5.32 Å². The fourth-order valence-corrected chi connectivity index (χ4v) is 3.00. The lowest BCUT2D eigenvalue weighted by molar-refractivity contribution is 0.0927. The highest BCUT2D eigenvalue weighted by Crippen LogP contribution is 2.26. The maximum atomic E-state index is 12.9. The summed E-state index contributed by atoms with van der Waals surface area (Å²) in [4.78, 5) is 15.3. The number of nitrogens with zero attached hydrogens (tertiary/aromatic N) is 1. The number of amides is 1. The molecule has 1 aromatic rings. The normalized spacial score (nSPS) is 23.7. The van der Waals surface area contributed by atoms with E-state index in [-0.39, 0.29) is 11.9 Å². The van der Waals surface area contributed by atoms with Crippen LogP contribution in [-0.4, -0.2) is 28.4 Å². The first-order valence-corrected chi connectivity index (χ1v) is 7.43. The van der Waals surface area contributed by atoms with Crippen LogP contribution in [0.1, 0.15) is 36.0 Å². The molecule has 1 N–H and O–H groups in total. The maximum Gasteiger partial charge on any atom is 0.251 e. The van der Waals surface area contributed by atoms with E-state index in [0.717, 1.165) is 30.9 Å². The van der Waals surface area contributed by atoms with Crippen molar-refractivity contribution in [1.82, 2.24) is 10.3 Å². The highest BCUT2D eigenvalue weighted by atomic mass is 32.2. The van der Waals surface area contributed by atoms with Crippen LogP contribution < -0.4 is 5.32 Å². The largest absolute Gasteiger partial charge is 0.349 e. The average molecular weight is 268 g/mol. The van der Waals surface area contributed by atoms with Crippen molar-refractivity contribution >= 4 is 17.7 Å². The molecule has 0 spiro atoms. The Balaban J connectivity index is 1.89. The minimum atomic E-state index is -0.617. The minimum Gasteiger partial charge on any atom is -0.349 e. The van der Waals surface area contributed by atoms with Gasteiger partial charge in [-0.2, -0.15) is 16.2 Å². The van der Waals surface area contributed by atoms with Crippen LogP contribution >= 0.6 is 11.8 Å². The molecule has 0 atom stereocenters. The first kappa shape index (κ1) is 13.3. The van der Waals surface area contributed by atoms with Crippen LogP contribution in [0.25, 0.3) is 0 Å². The lowest BCUT2D eigenvalue weighted by atomic mass is 9.95. The molecule has 98 valence electrons. The van der Waals surface area contributed by atoms with Gasteiger partial charge in [0.15, 0.2) is 0 Å². The summed E-state index contributed by atoms with van der Waals surface area (Å²) in [6.45, 7) is 0. The predicted molar refractivity (Wildman–Crippen MR) is 71.2 cm³/mol. The molecule has 1 aliphatic rings. The number of hydrogen-bond donors (Lipinski definition) is 1. The standard InChI is InChI=1S/C13H17FN2OS/c1-18-11-4-2-10(3-5-11)16-13(17)9-6-7-15-12(14)8-9/h6-8,10-11H,2-5H2,1H3,(H,16,17). The Morgan fingerprint density at radius 3 is 2.78 bits per heavy atom. The Kier molecular flexibility index (Phi) is 4.58. The number of rotatable bonds is 3. The van der Waals surface area contributed by atoms with Crippen LogP contribution in [0.5, 0.6) is 0 Å². The quantitative estimate of drug-likeness (QED) is 0.857. The number of pyridine rings is 1. The predicted octanol–water partition coefficient (Wildman–Crippen LogP) is 2.62. The van der Waals surface area contributed by atoms with E-state index >= 15 is 0 Å². The van der Waals surface area contributed by atoms with Gasteiger partial charge in [0.1, 0.15) is 0 Å². The molecule has 1 amide bonds. The molecular weight excluding hydrogens is 251 g/mol. The number of thioether (sulfide) groups is 1. The van der Waals surface area contributed by atoms with E-state index in [9.17, 15) is 9.18 Å². The van der Waals surface area contributed by atoms with Crippen molar-refractivity contribution < 1.29 is 9.18 Å². The van der Waals surface area contributed by atoms with Crippen LogP contribution in [0.3, 0.4) is 0 Å². The van der Waals surface area contributed by atoms with Crippen molar-refractivity contribution in [1.29, 1.82) is 0 Å². The highest BCUT2D eigenvalue weighted by molar-refractivity contribution is 7.99. The highest BCUT2D eigenvalue weighted by Gasteiger charge is 2.22. The molecule has 1 aromatic heterocycles. The summed E-state index contributed by atoms with van der Waals surface area (Å²) in [5.41, 5.74) is 0.342. The van der Waals surface area contributed by atoms with E-state index in [2.05, 4.69) is 16.6 Å². The van der Waals surface area contributed by atoms with E-state index in [1.165, 1.54) is 18.3 Å². The van der Waals surface area contributed by atoms with E-state index < -0.39 is 5.95 Å². The molecular formula is C13H17FN2OS. The van der Waals surface area contributed by atoms with Crippen molar-refractivity contribution in [2.45, 2.75) is 37.0 Å². The number of hydrogen-bond acceptors (Lipinski definition) is 3. The van der Waals surface area contributed by atoms with E-state index in [1.807, 2.05) is 11.8 Å². The Morgan fingerprint density at radius 2 is 2.17 bits per heavy atom. The molecule has 1 fully saturated rings. The first-order chi connectivity index (χ1) is 8.69. The Morgan fingerprint density at radius 1 is 1.44 bits per heavy atom. The van der Waals surface area contributed by atoms with Crippen molar-refractivity contribution in [3.8, 4) is 0 Å². The molecule has 0 aromatic carbocycles. The van der Waals surface area contributed by atoms with Crippen LogP contribution in [0, 0.1) is 5.95 Å². The van der Waals surface area contributed by atoms with Gasteiger partial charge in [-0.25, -0.2) is 4.98 Å². The second-order valence-electron chi connectivity index (χ2n) is 4.55. The fraction of sp³-hybridized carbons (Fsp3) is 0.538. The maximum absolute atomic E-state index is 12.9. The summed E-state index contributed by atoms with van der Waals surface area (Å²) in [7, 11) is 0. The van der Waals surface area contributed by atoms with Crippen molar-refractivity contribution in [2.24, 2.45) is 0 Å². The van der Waals surface area contributed by atoms with Gasteiger partial charge in [0.25, 0.3) is 5.91 Å². The number of halogens is 1. The van der Waals surface area contributed by atoms with E-state index in [4.69, 9.17) is 0 Å². The molecule has 0 radical (unpaired) electrons. The van der Waals surface area contributed by atoms with E-state index in [1.54, 1.807) is 0 Å². The van der Waals surface area contributed by atoms with Crippen LogP contribution in [-0.2, 0) is 0 Å². The van der Waals surface area contributed by atoms with E-state index in [0.29, 0.717) is 5.56 Å². The van der Waals surface area contributed by atoms with Gasteiger partial charge in [-0.15, -0.1) is 0 Å². The van der Waals surface area contributed by atoms with Gasteiger partial charge in [0.05, 0.1) is 0 Å². The first-order valence-electron chi connectivity index (χ1n) is 6.14. The van der Waals surface area contributed by atoms with Gasteiger partial charge in [0.2, 0.25) is 5.95 Å². The molecule has 3 nitrogen and oxygen atoms in total. The average Bonchev–Trinajstić information content (AvgIpc) is 2.39. The molecule has 1 aliphatic carbocycles. The molecule has 0 saturated heterocycles. The molecule has 1 heterocycles. The van der Waals surface area contributed by atoms with Crippen molar-refractivity contribution in [3.05, 3.63) is 29.8 Å². The lowest BCUT2D eigenvalue weighted by Gasteiger charge is -2.28. The SMILES string of the molecule is CSC1CCC(NC(=O)c2ccnc(F)c2)CC1. The third kappa shape index (κ3) is 3.45. The monoisotopic (exact) mass is 268 g/mol. The number of carbonyl (C=O) groups excluding carboxylic acids is 1. The molecule has 0 unspecified atom stereocenters. The Bertz CT molecular complexity index is 419. The molecule has 18 heavy (non-hydrogen) atoms. The number of nitrogens with one attached hydrogen (secondary N) is 1. The zero-order valence-electron chi connectivity index (χ0n) is 10.4. The second kappa shape index (κ2) is 6.18. The smallest absolute Gasteiger partial charge is 0.251 e. The molecule has 0 bridgehead atoms. The van der Waals surface area contributed by atoms with Gasteiger partial charge in [-0.05, 0) is 38.0 Å². The van der Waals surface area contributed by atoms with Crippen LogP contribution in [0.2, 0.25) is 0 Å². The summed E-state index contributed by atoms with van der Waals surface area (Å²) >= 11 is 1.89. The van der Waals surface area contributed by atoms with Gasteiger partial charge in [-0.1, -0.05) is 0 Å². The summed E-state index contributed by atoms with van der Waals surface area (Å²) in [6.07, 6.45) is 7.72. The molecule has 0 aliphatic heterocycles. The minimum absolute atomic E-state index is 0.205. The van der Waals surface area contributed by atoms with Crippen molar-refractivity contribution in [2.75, 3.05) is 6.26 Å².